The molecule has 6 atom stereocenters. The molecule has 0 aromatic heterocycles. The zero-order chi connectivity index (χ0) is 14.7. The molecule has 4 aliphatic carbocycles. The van der Waals surface area contributed by atoms with Crippen molar-refractivity contribution in [2.75, 3.05) is 0 Å². The molecule has 0 spiro atoms. The van der Waals surface area contributed by atoms with Gasteiger partial charge in [-0.05, 0) is 75.0 Å². The van der Waals surface area contributed by atoms with Crippen molar-refractivity contribution in [1.29, 1.82) is 0 Å². The molecular formula is C20H28O. The summed E-state index contributed by atoms with van der Waals surface area (Å²) in [5.74, 6) is 5.92. The molecule has 0 aromatic carbocycles. The third-order valence-corrected chi connectivity index (χ3v) is 7.76. The van der Waals surface area contributed by atoms with Gasteiger partial charge in [-0.25, -0.2) is 0 Å². The number of hydrogen-bond donors (Lipinski definition) is 1. The van der Waals surface area contributed by atoms with E-state index in [1.807, 2.05) is 0 Å². The van der Waals surface area contributed by atoms with Crippen molar-refractivity contribution in [2.45, 2.75) is 70.3 Å². The third kappa shape index (κ3) is 1.75. The van der Waals surface area contributed by atoms with Crippen molar-refractivity contribution in [3.8, 4) is 12.3 Å². The van der Waals surface area contributed by atoms with Crippen LogP contribution in [-0.2, 0) is 0 Å². The minimum absolute atomic E-state index is 0.0388. The normalized spacial score (nSPS) is 52.1. The molecule has 21 heavy (non-hydrogen) atoms. The maximum atomic E-state index is 10.9. The topological polar surface area (TPSA) is 20.2 Å². The maximum Gasteiger partial charge on any atom is 0.130 e. The van der Waals surface area contributed by atoms with Crippen LogP contribution in [0.2, 0.25) is 0 Å². The van der Waals surface area contributed by atoms with Gasteiger partial charge in [0.05, 0.1) is 0 Å². The average Bonchev–Trinajstić information content (AvgIpc) is 2.79. The fraction of sp³-hybridized carbons (Fsp3) is 0.800. The first kappa shape index (κ1) is 13.9. The molecular weight excluding hydrogens is 256 g/mol. The van der Waals surface area contributed by atoms with Crippen LogP contribution in [0.1, 0.15) is 64.7 Å². The lowest BCUT2D eigenvalue weighted by Crippen LogP contribution is -2.51. The molecule has 3 fully saturated rings. The lowest BCUT2D eigenvalue weighted by Gasteiger charge is -2.54. The van der Waals surface area contributed by atoms with Crippen LogP contribution in [0, 0.1) is 41.4 Å². The molecule has 4 rings (SSSR count). The molecule has 0 saturated heterocycles. The van der Waals surface area contributed by atoms with Crippen LogP contribution >= 0.6 is 0 Å². The SMILES string of the molecule is C#C[C@]1(O)CCC2C3CC=C4CCCCC4C3CC[C@@]21C. The van der Waals surface area contributed by atoms with Crippen LogP contribution in [0.3, 0.4) is 0 Å². The summed E-state index contributed by atoms with van der Waals surface area (Å²) in [7, 11) is 0. The molecule has 0 aromatic rings. The molecule has 0 amide bonds. The van der Waals surface area contributed by atoms with Gasteiger partial charge in [-0.2, -0.15) is 0 Å². The van der Waals surface area contributed by atoms with Gasteiger partial charge in [-0.3, -0.25) is 0 Å². The van der Waals surface area contributed by atoms with Crippen molar-refractivity contribution < 1.29 is 5.11 Å². The lowest BCUT2D eigenvalue weighted by atomic mass is 9.51. The Bertz CT molecular complexity index is 512. The smallest absolute Gasteiger partial charge is 0.130 e. The van der Waals surface area contributed by atoms with Crippen molar-refractivity contribution in [2.24, 2.45) is 29.1 Å². The fourth-order valence-electron chi connectivity index (χ4n) is 6.50. The van der Waals surface area contributed by atoms with E-state index in [9.17, 15) is 5.11 Å². The van der Waals surface area contributed by atoms with Crippen molar-refractivity contribution >= 4 is 0 Å². The molecule has 1 nitrogen and oxygen atoms in total. The quantitative estimate of drug-likeness (QED) is 0.519. The first-order valence-corrected chi connectivity index (χ1v) is 8.98. The number of terminal acetylenes is 1. The van der Waals surface area contributed by atoms with Crippen molar-refractivity contribution in [1.82, 2.24) is 0 Å². The Hall–Kier alpha value is -0.740. The highest BCUT2D eigenvalue weighted by atomic mass is 16.3. The minimum atomic E-state index is -0.848. The zero-order valence-electron chi connectivity index (χ0n) is 13.3. The van der Waals surface area contributed by atoms with E-state index in [1.165, 1.54) is 38.5 Å². The molecule has 0 aliphatic heterocycles. The molecule has 3 saturated carbocycles. The molecule has 114 valence electrons. The van der Waals surface area contributed by atoms with Gasteiger partial charge in [0, 0.05) is 5.41 Å². The van der Waals surface area contributed by atoms with E-state index in [1.54, 1.807) is 5.57 Å². The van der Waals surface area contributed by atoms with E-state index in [0.29, 0.717) is 5.92 Å². The van der Waals surface area contributed by atoms with E-state index in [0.717, 1.165) is 37.0 Å². The average molecular weight is 284 g/mol. The monoisotopic (exact) mass is 284 g/mol. The summed E-state index contributed by atoms with van der Waals surface area (Å²) in [5, 5.41) is 10.9. The highest BCUT2D eigenvalue weighted by Crippen LogP contribution is 2.64. The minimum Gasteiger partial charge on any atom is -0.377 e. The van der Waals surface area contributed by atoms with E-state index < -0.39 is 5.60 Å². The summed E-state index contributed by atoms with van der Waals surface area (Å²) < 4.78 is 0. The summed E-state index contributed by atoms with van der Waals surface area (Å²) in [4.78, 5) is 0. The van der Waals surface area contributed by atoms with Crippen LogP contribution in [0.5, 0.6) is 0 Å². The van der Waals surface area contributed by atoms with Crippen LogP contribution in [0.15, 0.2) is 11.6 Å². The molecule has 0 heterocycles. The summed E-state index contributed by atoms with van der Waals surface area (Å²) in [6.45, 7) is 2.28. The van der Waals surface area contributed by atoms with E-state index in [2.05, 4.69) is 18.9 Å². The lowest BCUT2D eigenvalue weighted by molar-refractivity contribution is -0.0813. The second-order valence-corrected chi connectivity index (χ2v) is 8.30. The predicted octanol–water partition coefficient (Wildman–Crippen LogP) is 4.31. The highest BCUT2D eigenvalue weighted by molar-refractivity contribution is 5.25. The predicted molar refractivity (Wildman–Crippen MR) is 85.5 cm³/mol. The molecule has 4 unspecified atom stereocenters. The zero-order valence-corrected chi connectivity index (χ0v) is 13.3. The van der Waals surface area contributed by atoms with Gasteiger partial charge < -0.3 is 5.11 Å². The van der Waals surface area contributed by atoms with Gasteiger partial charge in [-0.1, -0.05) is 30.9 Å². The Morgan fingerprint density at radius 1 is 1.19 bits per heavy atom. The molecule has 0 radical (unpaired) electrons. The Morgan fingerprint density at radius 3 is 2.86 bits per heavy atom. The van der Waals surface area contributed by atoms with Crippen LogP contribution < -0.4 is 0 Å². The van der Waals surface area contributed by atoms with E-state index in [4.69, 9.17) is 6.42 Å². The molecule has 1 N–H and O–H groups in total. The fourth-order valence-corrected chi connectivity index (χ4v) is 6.50. The summed E-state index contributed by atoms with van der Waals surface area (Å²) >= 11 is 0. The van der Waals surface area contributed by atoms with Gasteiger partial charge in [0.25, 0.3) is 0 Å². The number of aliphatic hydroxyl groups is 1. The Kier molecular flexibility index (Phi) is 3.06. The number of rotatable bonds is 0. The summed E-state index contributed by atoms with van der Waals surface area (Å²) in [5.41, 5.74) is 0.888. The van der Waals surface area contributed by atoms with Crippen LogP contribution in [0.4, 0.5) is 0 Å². The largest absolute Gasteiger partial charge is 0.377 e. The van der Waals surface area contributed by atoms with Crippen molar-refractivity contribution in [3.05, 3.63) is 11.6 Å². The Balaban J connectivity index is 1.67. The molecule has 1 heteroatoms. The van der Waals surface area contributed by atoms with E-state index in [-0.39, 0.29) is 5.41 Å². The maximum absolute atomic E-state index is 10.9. The van der Waals surface area contributed by atoms with E-state index >= 15 is 0 Å². The van der Waals surface area contributed by atoms with Crippen LogP contribution in [-0.4, -0.2) is 10.7 Å². The second kappa shape index (κ2) is 4.63. The van der Waals surface area contributed by atoms with Gasteiger partial charge in [0.1, 0.15) is 5.60 Å². The third-order valence-electron chi connectivity index (χ3n) is 7.76. The van der Waals surface area contributed by atoms with Crippen molar-refractivity contribution in [3.63, 3.8) is 0 Å². The standard InChI is InChI=1S/C20H28O/c1-3-20(21)13-11-18-17-9-8-14-6-4-5-7-15(14)16(17)10-12-19(18,20)2/h1,8,15-18,21H,4-7,9-13H2,2H3/t15?,16?,17?,18?,19-,20-/m0/s1. The molecule has 0 bridgehead atoms. The van der Waals surface area contributed by atoms with Gasteiger partial charge >= 0.3 is 0 Å². The number of allylic oxidation sites excluding steroid dienone is 2. The molecule has 4 aliphatic rings. The van der Waals surface area contributed by atoms with Gasteiger partial charge in [0.2, 0.25) is 0 Å². The first-order chi connectivity index (χ1) is 10.1. The number of fused-ring (bicyclic) bond motifs is 5. The highest BCUT2D eigenvalue weighted by Gasteiger charge is 2.61. The first-order valence-electron chi connectivity index (χ1n) is 8.98. The van der Waals surface area contributed by atoms with Crippen LogP contribution in [0.25, 0.3) is 0 Å². The summed E-state index contributed by atoms with van der Waals surface area (Å²) in [6.07, 6.45) is 19.5. The Labute approximate surface area is 129 Å². The Morgan fingerprint density at radius 2 is 2.05 bits per heavy atom. The summed E-state index contributed by atoms with van der Waals surface area (Å²) in [6, 6.07) is 0. The van der Waals surface area contributed by atoms with Gasteiger partial charge in [0.15, 0.2) is 0 Å². The number of hydrogen-bond acceptors (Lipinski definition) is 1. The second-order valence-electron chi connectivity index (χ2n) is 8.30. The van der Waals surface area contributed by atoms with Gasteiger partial charge in [-0.15, -0.1) is 6.42 Å².